The molecule has 0 radical (unpaired) electrons. The minimum absolute atomic E-state index is 0.785. The van der Waals surface area contributed by atoms with Gasteiger partial charge in [-0.2, -0.15) is 0 Å². The second kappa shape index (κ2) is 6.42. The highest BCUT2D eigenvalue weighted by atomic mass is 79.9. The van der Waals surface area contributed by atoms with Crippen LogP contribution in [-0.4, -0.2) is 7.05 Å². The van der Waals surface area contributed by atoms with E-state index in [1.54, 1.807) is 11.3 Å². The fraction of sp³-hybridized carbons (Fsp3) is 0.231. The molecule has 1 aromatic heterocycles. The fourth-order valence-electron chi connectivity index (χ4n) is 1.68. The molecule has 0 saturated carbocycles. The van der Waals surface area contributed by atoms with Crippen molar-refractivity contribution in [2.45, 2.75) is 11.9 Å². The maximum Gasteiger partial charge on any atom is 0.0701 e. The maximum absolute atomic E-state index is 6.22. The van der Waals surface area contributed by atoms with Gasteiger partial charge >= 0.3 is 0 Å². The van der Waals surface area contributed by atoms with Crippen LogP contribution in [0.4, 0.5) is 5.69 Å². The predicted octanol–water partition coefficient (Wildman–Crippen LogP) is 5.70. The first-order valence-corrected chi connectivity index (χ1v) is 8.56. The van der Waals surface area contributed by atoms with Gasteiger partial charge in [0.05, 0.1) is 3.79 Å². The van der Waals surface area contributed by atoms with Gasteiger partial charge in [-0.1, -0.05) is 33.6 Å². The van der Waals surface area contributed by atoms with E-state index >= 15 is 0 Å². The molecule has 2 aromatic rings. The van der Waals surface area contributed by atoms with E-state index in [1.165, 1.54) is 9.35 Å². The molecule has 1 nitrogen and oxygen atoms in total. The van der Waals surface area contributed by atoms with Crippen LogP contribution in [0.1, 0.15) is 11.1 Å². The van der Waals surface area contributed by atoms with Crippen molar-refractivity contribution in [3.05, 3.63) is 49.6 Å². The Hall–Kier alpha value is -0.0300. The number of halogens is 3. The molecule has 0 aliphatic carbocycles. The average molecular weight is 410 g/mol. The van der Waals surface area contributed by atoms with E-state index in [4.69, 9.17) is 11.6 Å². The van der Waals surface area contributed by atoms with Crippen LogP contribution in [0.3, 0.4) is 0 Å². The standard InChI is InChI=1S/C13H12Br2ClNS/c1-17(7-9-4-13(15)18-8-9)11-3-2-10(6-14)12(16)5-11/h2-5,8H,6-7H2,1H3. The summed E-state index contributed by atoms with van der Waals surface area (Å²) in [5.74, 6) is 0. The SMILES string of the molecule is CN(Cc1csc(Br)c1)c1ccc(CBr)c(Cl)c1. The zero-order chi connectivity index (χ0) is 13.1. The Morgan fingerprint density at radius 2 is 2.11 bits per heavy atom. The van der Waals surface area contributed by atoms with Crippen LogP contribution in [0.25, 0.3) is 0 Å². The second-order valence-corrected chi connectivity index (χ2v) is 7.28. The van der Waals surface area contributed by atoms with Crippen molar-refractivity contribution in [2.24, 2.45) is 0 Å². The van der Waals surface area contributed by atoms with E-state index in [9.17, 15) is 0 Å². The van der Waals surface area contributed by atoms with E-state index in [0.717, 1.165) is 28.1 Å². The van der Waals surface area contributed by atoms with Gasteiger partial charge < -0.3 is 4.90 Å². The molecule has 2 rings (SSSR count). The van der Waals surface area contributed by atoms with Gasteiger partial charge in [0.2, 0.25) is 0 Å². The maximum atomic E-state index is 6.22. The van der Waals surface area contributed by atoms with Crippen molar-refractivity contribution in [3.8, 4) is 0 Å². The minimum atomic E-state index is 0.785. The van der Waals surface area contributed by atoms with Crippen molar-refractivity contribution >= 4 is 60.5 Å². The van der Waals surface area contributed by atoms with Gasteiger partial charge in [-0.15, -0.1) is 11.3 Å². The Kier molecular flexibility index (Phi) is 5.13. The molecular formula is C13H12Br2ClNS. The summed E-state index contributed by atoms with van der Waals surface area (Å²) in [5.41, 5.74) is 3.55. The lowest BCUT2D eigenvalue weighted by Gasteiger charge is -2.19. The van der Waals surface area contributed by atoms with Crippen LogP contribution in [0.2, 0.25) is 5.02 Å². The summed E-state index contributed by atoms with van der Waals surface area (Å²) in [7, 11) is 2.07. The number of thiophene rings is 1. The van der Waals surface area contributed by atoms with Crippen LogP contribution >= 0.6 is 54.8 Å². The van der Waals surface area contributed by atoms with Crippen LogP contribution in [0.5, 0.6) is 0 Å². The molecule has 0 atom stereocenters. The van der Waals surface area contributed by atoms with Crippen LogP contribution in [0.15, 0.2) is 33.4 Å². The molecule has 0 fully saturated rings. The van der Waals surface area contributed by atoms with E-state index in [1.807, 2.05) is 6.07 Å². The molecule has 0 saturated heterocycles. The number of hydrogen-bond acceptors (Lipinski definition) is 2. The molecule has 96 valence electrons. The number of hydrogen-bond donors (Lipinski definition) is 0. The fourth-order valence-corrected chi connectivity index (χ4v) is 3.77. The van der Waals surface area contributed by atoms with Crippen molar-refractivity contribution < 1.29 is 0 Å². The smallest absolute Gasteiger partial charge is 0.0701 e. The third-order valence-corrected chi connectivity index (χ3v) is 5.17. The molecule has 0 amide bonds. The van der Waals surface area contributed by atoms with Gasteiger partial charge in [-0.05, 0) is 50.6 Å². The van der Waals surface area contributed by atoms with Gasteiger partial charge in [0.25, 0.3) is 0 Å². The van der Waals surface area contributed by atoms with Crippen molar-refractivity contribution in [1.82, 2.24) is 0 Å². The molecule has 5 heteroatoms. The quantitative estimate of drug-likeness (QED) is 0.586. The van der Waals surface area contributed by atoms with Gasteiger partial charge in [0, 0.05) is 29.6 Å². The van der Waals surface area contributed by atoms with E-state index in [0.29, 0.717) is 0 Å². The van der Waals surface area contributed by atoms with Crippen molar-refractivity contribution in [2.75, 3.05) is 11.9 Å². The topological polar surface area (TPSA) is 3.24 Å². The molecular weight excluding hydrogens is 397 g/mol. The summed E-state index contributed by atoms with van der Waals surface area (Å²) in [4.78, 5) is 2.19. The summed E-state index contributed by atoms with van der Waals surface area (Å²) in [5, 5.41) is 3.75. The first-order chi connectivity index (χ1) is 8.60. The second-order valence-electron chi connectivity index (χ2n) is 4.02. The molecule has 0 bridgehead atoms. The zero-order valence-corrected chi connectivity index (χ0v) is 14.5. The molecule has 0 aliphatic heterocycles. The van der Waals surface area contributed by atoms with Crippen molar-refractivity contribution in [3.63, 3.8) is 0 Å². The van der Waals surface area contributed by atoms with Gasteiger partial charge in [-0.25, -0.2) is 0 Å². The van der Waals surface area contributed by atoms with Crippen LogP contribution in [0, 0.1) is 0 Å². The largest absolute Gasteiger partial charge is 0.370 e. The summed E-state index contributed by atoms with van der Waals surface area (Å²) in [6.45, 7) is 0.881. The highest BCUT2D eigenvalue weighted by Gasteiger charge is 2.06. The van der Waals surface area contributed by atoms with Gasteiger partial charge in [0.15, 0.2) is 0 Å². The number of rotatable bonds is 4. The molecule has 18 heavy (non-hydrogen) atoms. The Morgan fingerprint density at radius 3 is 2.67 bits per heavy atom. The molecule has 0 N–H and O–H groups in total. The first-order valence-electron chi connectivity index (χ1n) is 5.38. The Bertz CT molecular complexity index is 542. The Balaban J connectivity index is 2.13. The van der Waals surface area contributed by atoms with Gasteiger partial charge in [0.1, 0.15) is 0 Å². The molecule has 1 aromatic carbocycles. The summed E-state index contributed by atoms with van der Waals surface area (Å²) in [6, 6.07) is 8.32. The molecule has 0 spiro atoms. The van der Waals surface area contributed by atoms with E-state index < -0.39 is 0 Å². The lowest BCUT2D eigenvalue weighted by molar-refractivity contribution is 0.927. The van der Waals surface area contributed by atoms with Gasteiger partial charge in [-0.3, -0.25) is 0 Å². The normalized spacial score (nSPS) is 10.7. The zero-order valence-electron chi connectivity index (χ0n) is 9.79. The number of alkyl halides is 1. The average Bonchev–Trinajstić information content (AvgIpc) is 2.74. The van der Waals surface area contributed by atoms with Crippen LogP contribution in [-0.2, 0) is 11.9 Å². The molecule has 0 unspecified atom stereocenters. The lowest BCUT2D eigenvalue weighted by Crippen LogP contribution is -2.15. The third-order valence-electron chi connectivity index (χ3n) is 2.66. The molecule has 1 heterocycles. The van der Waals surface area contributed by atoms with E-state index in [2.05, 4.69) is 67.4 Å². The highest BCUT2D eigenvalue weighted by molar-refractivity contribution is 9.11. The third kappa shape index (κ3) is 3.50. The van der Waals surface area contributed by atoms with Crippen LogP contribution < -0.4 is 4.90 Å². The number of benzene rings is 1. The number of anilines is 1. The number of nitrogens with zero attached hydrogens (tertiary/aromatic N) is 1. The Morgan fingerprint density at radius 1 is 1.33 bits per heavy atom. The summed E-state index contributed by atoms with van der Waals surface area (Å²) in [6.07, 6.45) is 0. The summed E-state index contributed by atoms with van der Waals surface area (Å²) >= 11 is 14.8. The van der Waals surface area contributed by atoms with E-state index in [-0.39, 0.29) is 0 Å². The Labute approximate surface area is 133 Å². The van der Waals surface area contributed by atoms with Crippen molar-refractivity contribution in [1.29, 1.82) is 0 Å². The predicted molar refractivity (Wildman–Crippen MR) is 88.2 cm³/mol. The monoisotopic (exact) mass is 407 g/mol. The first kappa shape index (κ1) is 14.4. The molecule has 0 aliphatic rings. The minimum Gasteiger partial charge on any atom is -0.370 e. The lowest BCUT2D eigenvalue weighted by atomic mass is 10.2. The highest BCUT2D eigenvalue weighted by Crippen LogP contribution is 2.27. The summed E-state index contributed by atoms with van der Waals surface area (Å²) < 4.78 is 1.17.